The Morgan fingerprint density at radius 1 is 1.38 bits per heavy atom. The molecule has 0 aromatic heterocycles. The van der Waals surface area contributed by atoms with Crippen LogP contribution in [0.25, 0.3) is 0 Å². The van der Waals surface area contributed by atoms with Crippen molar-refractivity contribution in [3.05, 3.63) is 34.3 Å². The van der Waals surface area contributed by atoms with Gasteiger partial charge in [0, 0.05) is 4.47 Å². The van der Waals surface area contributed by atoms with Crippen LogP contribution in [0.15, 0.2) is 28.7 Å². The topological polar surface area (TPSA) is 26.3 Å². The van der Waals surface area contributed by atoms with Crippen LogP contribution in [0.2, 0.25) is 0 Å². The predicted molar refractivity (Wildman–Crippen MR) is 56.8 cm³/mol. The summed E-state index contributed by atoms with van der Waals surface area (Å²) in [6.07, 6.45) is 0. The number of benzene rings is 1. The summed E-state index contributed by atoms with van der Waals surface area (Å²) < 4.78 is 5.77. The van der Waals surface area contributed by atoms with Gasteiger partial charge in [0.05, 0.1) is 12.2 Å². The van der Waals surface area contributed by atoms with Crippen molar-refractivity contribution < 1.29 is 9.53 Å². The maximum atomic E-state index is 11.1. The summed E-state index contributed by atoms with van der Waals surface area (Å²) in [6.45, 7) is 2.20. The van der Waals surface area contributed by atoms with Gasteiger partial charge >= 0.3 is 5.97 Å². The minimum atomic E-state index is -0.273. The lowest BCUT2D eigenvalue weighted by atomic mass is 10.2. The van der Waals surface area contributed by atoms with E-state index in [1.165, 1.54) is 0 Å². The molecule has 0 bridgehead atoms. The van der Waals surface area contributed by atoms with E-state index < -0.39 is 0 Å². The van der Waals surface area contributed by atoms with Gasteiger partial charge in [-0.15, -0.1) is 0 Å². The van der Waals surface area contributed by atoms with Gasteiger partial charge in [0.1, 0.15) is 0 Å². The van der Waals surface area contributed by atoms with E-state index in [4.69, 9.17) is 4.74 Å². The third-order valence-corrected chi connectivity index (χ3v) is 1.88. The molecule has 1 aromatic carbocycles. The highest BCUT2D eigenvalue weighted by Gasteiger charge is 2.03. The highest BCUT2D eigenvalue weighted by atomic mass is 79.9. The fraction of sp³-hybridized carbons (Fsp3) is 0.300. The van der Waals surface area contributed by atoms with Gasteiger partial charge in [-0.2, -0.15) is 0 Å². The van der Waals surface area contributed by atoms with Gasteiger partial charge in [0.25, 0.3) is 0 Å². The minimum Gasteiger partial charge on any atom is -0.462 e. The van der Waals surface area contributed by atoms with Gasteiger partial charge in [0.15, 0.2) is 0 Å². The van der Waals surface area contributed by atoms with Gasteiger partial charge in [-0.05, 0) is 31.2 Å². The summed E-state index contributed by atoms with van der Waals surface area (Å²) in [5.41, 5.74) is 0.583. The third kappa shape index (κ3) is 3.59. The maximum absolute atomic E-state index is 11.1. The van der Waals surface area contributed by atoms with Crippen LogP contribution in [0.1, 0.15) is 24.7 Å². The van der Waals surface area contributed by atoms with Crippen molar-refractivity contribution in [2.24, 2.45) is 0 Å². The molecule has 0 spiro atoms. The van der Waals surface area contributed by atoms with Crippen molar-refractivity contribution in [2.45, 2.75) is 14.4 Å². The number of halogens is 1. The smallest absolute Gasteiger partial charge is 0.338 e. The zero-order valence-corrected chi connectivity index (χ0v) is 8.30. The molecule has 0 saturated heterocycles. The first-order valence-corrected chi connectivity index (χ1v) is 4.46. The number of carbonyl (C=O) groups excluding carboxylic acids is 1. The molecular formula is C10H13BrO2. The van der Waals surface area contributed by atoms with Crippen LogP contribution in [0.3, 0.4) is 0 Å². The zero-order chi connectivity index (χ0) is 8.97. The Hall–Kier alpha value is -0.830. The van der Waals surface area contributed by atoms with Crippen LogP contribution >= 0.6 is 15.9 Å². The number of hydrogen-bond acceptors (Lipinski definition) is 2. The fourth-order valence-corrected chi connectivity index (χ4v) is 1.06. The first kappa shape index (κ1) is 12.2. The van der Waals surface area contributed by atoms with E-state index in [1.807, 2.05) is 12.1 Å². The van der Waals surface area contributed by atoms with E-state index in [9.17, 15) is 4.79 Å². The molecule has 1 aromatic rings. The Kier molecular flexibility index (Phi) is 5.39. The van der Waals surface area contributed by atoms with Gasteiger partial charge in [-0.25, -0.2) is 4.79 Å². The van der Waals surface area contributed by atoms with Crippen molar-refractivity contribution in [3.8, 4) is 0 Å². The zero-order valence-electron chi connectivity index (χ0n) is 6.71. The standard InChI is InChI=1S/C9H9BrO2.CH4/c1-2-12-9(11)7-3-5-8(10)6-4-7;/h3-6H,2H2,1H3;1H4. The number of esters is 1. The summed E-state index contributed by atoms with van der Waals surface area (Å²) in [7, 11) is 0. The molecule has 1 rings (SSSR count). The molecule has 0 aliphatic heterocycles. The number of ether oxygens (including phenoxy) is 1. The number of rotatable bonds is 2. The molecule has 0 N–H and O–H groups in total. The fourth-order valence-electron chi connectivity index (χ4n) is 0.800. The molecule has 2 nitrogen and oxygen atoms in total. The highest BCUT2D eigenvalue weighted by molar-refractivity contribution is 9.10. The Morgan fingerprint density at radius 3 is 2.38 bits per heavy atom. The van der Waals surface area contributed by atoms with Crippen molar-refractivity contribution in [3.63, 3.8) is 0 Å². The SMILES string of the molecule is C.CCOC(=O)c1ccc(Br)cc1. The van der Waals surface area contributed by atoms with E-state index in [2.05, 4.69) is 15.9 Å². The molecular weight excluding hydrogens is 232 g/mol. The molecule has 0 radical (unpaired) electrons. The molecule has 3 heteroatoms. The molecule has 0 saturated carbocycles. The quantitative estimate of drug-likeness (QED) is 0.747. The normalized spacial score (nSPS) is 8.77. The average molecular weight is 245 g/mol. The Morgan fingerprint density at radius 2 is 1.92 bits per heavy atom. The van der Waals surface area contributed by atoms with Crippen molar-refractivity contribution in [1.82, 2.24) is 0 Å². The van der Waals surface area contributed by atoms with E-state index in [1.54, 1.807) is 19.1 Å². The van der Waals surface area contributed by atoms with E-state index in [0.717, 1.165) is 4.47 Å². The second-order valence-corrected chi connectivity index (χ2v) is 3.14. The van der Waals surface area contributed by atoms with Crippen LogP contribution in [-0.2, 0) is 4.74 Å². The lowest BCUT2D eigenvalue weighted by molar-refractivity contribution is 0.0526. The van der Waals surface area contributed by atoms with Crippen molar-refractivity contribution in [2.75, 3.05) is 6.61 Å². The molecule has 0 unspecified atom stereocenters. The molecule has 0 atom stereocenters. The molecule has 13 heavy (non-hydrogen) atoms. The van der Waals surface area contributed by atoms with Crippen LogP contribution in [0.5, 0.6) is 0 Å². The largest absolute Gasteiger partial charge is 0.462 e. The first-order chi connectivity index (χ1) is 5.74. The molecule has 0 amide bonds. The van der Waals surface area contributed by atoms with Crippen LogP contribution in [0.4, 0.5) is 0 Å². The number of carbonyl (C=O) groups is 1. The summed E-state index contributed by atoms with van der Waals surface area (Å²) in [4.78, 5) is 11.1. The first-order valence-electron chi connectivity index (χ1n) is 3.66. The third-order valence-electron chi connectivity index (χ3n) is 1.36. The van der Waals surface area contributed by atoms with Crippen LogP contribution in [-0.4, -0.2) is 12.6 Å². The summed E-state index contributed by atoms with van der Waals surface area (Å²) in [5, 5.41) is 0. The van der Waals surface area contributed by atoms with Crippen LogP contribution < -0.4 is 0 Å². The summed E-state index contributed by atoms with van der Waals surface area (Å²) in [6, 6.07) is 7.07. The van der Waals surface area contributed by atoms with E-state index in [-0.39, 0.29) is 13.4 Å². The maximum Gasteiger partial charge on any atom is 0.338 e. The Bertz CT molecular complexity index is 267. The van der Waals surface area contributed by atoms with Crippen molar-refractivity contribution >= 4 is 21.9 Å². The summed E-state index contributed by atoms with van der Waals surface area (Å²) >= 11 is 3.28. The Balaban J connectivity index is 0.00000144. The lowest BCUT2D eigenvalue weighted by Crippen LogP contribution is -2.03. The molecule has 72 valence electrons. The molecule has 0 aliphatic carbocycles. The van der Waals surface area contributed by atoms with Gasteiger partial charge in [0.2, 0.25) is 0 Å². The molecule has 0 heterocycles. The second kappa shape index (κ2) is 5.75. The monoisotopic (exact) mass is 244 g/mol. The Labute approximate surface area is 87.0 Å². The number of hydrogen-bond donors (Lipinski definition) is 0. The predicted octanol–water partition coefficient (Wildman–Crippen LogP) is 3.26. The lowest BCUT2D eigenvalue weighted by Gasteiger charge is -2.00. The average Bonchev–Trinajstić information content (AvgIpc) is 2.06. The minimum absolute atomic E-state index is 0. The van der Waals surface area contributed by atoms with Gasteiger partial charge in [-0.1, -0.05) is 23.4 Å². The van der Waals surface area contributed by atoms with Crippen molar-refractivity contribution in [1.29, 1.82) is 0 Å². The summed E-state index contributed by atoms with van der Waals surface area (Å²) in [5.74, 6) is -0.273. The highest BCUT2D eigenvalue weighted by Crippen LogP contribution is 2.10. The van der Waals surface area contributed by atoms with E-state index >= 15 is 0 Å². The van der Waals surface area contributed by atoms with Crippen LogP contribution in [0, 0.1) is 0 Å². The van der Waals surface area contributed by atoms with Gasteiger partial charge in [-0.3, -0.25) is 0 Å². The van der Waals surface area contributed by atoms with Gasteiger partial charge < -0.3 is 4.74 Å². The molecule has 0 aliphatic rings. The second-order valence-electron chi connectivity index (χ2n) is 2.23. The van der Waals surface area contributed by atoms with E-state index in [0.29, 0.717) is 12.2 Å². The molecule has 0 fully saturated rings.